The van der Waals surface area contributed by atoms with Crippen molar-refractivity contribution < 1.29 is 28.6 Å². The first-order chi connectivity index (χ1) is 35.0. The summed E-state index contributed by atoms with van der Waals surface area (Å²) < 4.78 is 16.7. The lowest BCUT2D eigenvalue weighted by molar-refractivity contribution is -0.166. The van der Waals surface area contributed by atoms with Gasteiger partial charge in [-0.25, -0.2) is 0 Å². The summed E-state index contributed by atoms with van der Waals surface area (Å²) in [6.45, 7) is 6.28. The molecule has 0 saturated heterocycles. The Kier molecular flexibility index (Phi) is 54.0. The van der Waals surface area contributed by atoms with E-state index in [-0.39, 0.29) is 31.6 Å². The monoisotopic (exact) mass is 979 g/mol. The molecule has 6 nitrogen and oxygen atoms in total. The molecule has 0 aromatic rings. The SMILES string of the molecule is CC/C=C\C/C=C\C/C=C\C/C=C\C/C=C\C/C=C\CCCCCCCCCCC(=O)OCC(COC(=O)CCCCCCCCC)OC(=O)CC/C=C\C/C=C\C/C=C\C/C=C\C/C=C\C/C=C\CC. The normalized spacial score (nSPS) is 13.2. The molecule has 0 aromatic heterocycles. The van der Waals surface area contributed by atoms with Crippen LogP contribution in [0.15, 0.2) is 146 Å². The molecule has 0 aromatic carbocycles. The number of carbonyl (C=O) groups is 3. The van der Waals surface area contributed by atoms with Crippen LogP contribution in [0.25, 0.3) is 0 Å². The van der Waals surface area contributed by atoms with Gasteiger partial charge in [0.05, 0.1) is 0 Å². The second kappa shape index (κ2) is 57.9. The predicted octanol–water partition coefficient (Wildman–Crippen LogP) is 19.2. The summed E-state index contributed by atoms with van der Waals surface area (Å²) in [4.78, 5) is 37.9. The van der Waals surface area contributed by atoms with E-state index in [1.54, 1.807) is 0 Å². The zero-order valence-corrected chi connectivity index (χ0v) is 45.4. The summed E-state index contributed by atoms with van der Waals surface area (Å²) in [5.41, 5.74) is 0. The quantitative estimate of drug-likeness (QED) is 0.0262. The summed E-state index contributed by atoms with van der Waals surface area (Å²) in [5.74, 6) is -1.02. The fraction of sp³-hybridized carbons (Fsp3) is 0.585. The molecule has 398 valence electrons. The highest BCUT2D eigenvalue weighted by Crippen LogP contribution is 2.13. The van der Waals surface area contributed by atoms with Gasteiger partial charge in [-0.2, -0.15) is 0 Å². The van der Waals surface area contributed by atoms with Gasteiger partial charge in [0.25, 0.3) is 0 Å². The summed E-state index contributed by atoms with van der Waals surface area (Å²) in [6.07, 6.45) is 83.0. The van der Waals surface area contributed by atoms with Crippen molar-refractivity contribution in [3.63, 3.8) is 0 Å². The number of rotatable bonds is 49. The van der Waals surface area contributed by atoms with Crippen LogP contribution >= 0.6 is 0 Å². The van der Waals surface area contributed by atoms with E-state index < -0.39 is 12.1 Å². The average molecular weight is 980 g/mol. The third-order valence-corrected chi connectivity index (χ3v) is 11.4. The van der Waals surface area contributed by atoms with Crippen LogP contribution in [0.4, 0.5) is 0 Å². The van der Waals surface area contributed by atoms with Crippen LogP contribution in [0.1, 0.15) is 226 Å². The molecule has 1 atom stereocenters. The second-order valence-electron chi connectivity index (χ2n) is 18.1. The number of carbonyl (C=O) groups excluding carboxylic acids is 3. The molecule has 0 heterocycles. The number of unbranched alkanes of at least 4 members (excludes halogenated alkanes) is 14. The largest absolute Gasteiger partial charge is 0.462 e. The van der Waals surface area contributed by atoms with Crippen LogP contribution in [0, 0.1) is 0 Å². The van der Waals surface area contributed by atoms with Crippen molar-refractivity contribution in [1.29, 1.82) is 0 Å². The average Bonchev–Trinajstić information content (AvgIpc) is 3.37. The molecule has 0 spiro atoms. The van der Waals surface area contributed by atoms with E-state index in [0.717, 1.165) is 122 Å². The van der Waals surface area contributed by atoms with E-state index in [1.807, 2.05) is 12.2 Å². The fourth-order valence-corrected chi connectivity index (χ4v) is 7.18. The minimum Gasteiger partial charge on any atom is -0.462 e. The van der Waals surface area contributed by atoms with Crippen LogP contribution < -0.4 is 0 Å². The lowest BCUT2D eigenvalue weighted by Crippen LogP contribution is -2.30. The van der Waals surface area contributed by atoms with Crippen molar-refractivity contribution in [2.75, 3.05) is 13.2 Å². The Balaban J connectivity index is 4.33. The molecule has 0 N–H and O–H groups in total. The highest BCUT2D eigenvalue weighted by atomic mass is 16.6. The maximum atomic E-state index is 12.8. The van der Waals surface area contributed by atoms with Crippen LogP contribution in [0.2, 0.25) is 0 Å². The molecule has 6 heteroatoms. The van der Waals surface area contributed by atoms with Crippen LogP contribution in [0.5, 0.6) is 0 Å². The van der Waals surface area contributed by atoms with E-state index in [4.69, 9.17) is 14.2 Å². The Bertz CT molecular complexity index is 1590. The van der Waals surface area contributed by atoms with Crippen molar-refractivity contribution in [2.45, 2.75) is 232 Å². The van der Waals surface area contributed by atoms with Gasteiger partial charge in [0, 0.05) is 19.3 Å². The number of esters is 3. The van der Waals surface area contributed by atoms with Crippen LogP contribution in [0.3, 0.4) is 0 Å². The number of ether oxygens (including phenoxy) is 3. The number of hydrogen-bond acceptors (Lipinski definition) is 6. The van der Waals surface area contributed by atoms with E-state index in [0.29, 0.717) is 19.3 Å². The smallest absolute Gasteiger partial charge is 0.306 e. The molecule has 0 rings (SSSR count). The highest BCUT2D eigenvalue weighted by Gasteiger charge is 2.19. The van der Waals surface area contributed by atoms with E-state index in [9.17, 15) is 14.4 Å². The Morgan fingerprint density at radius 1 is 0.296 bits per heavy atom. The zero-order valence-electron chi connectivity index (χ0n) is 45.4. The first kappa shape index (κ1) is 66.3. The van der Waals surface area contributed by atoms with Gasteiger partial charge >= 0.3 is 17.9 Å². The topological polar surface area (TPSA) is 78.9 Å². The van der Waals surface area contributed by atoms with Gasteiger partial charge in [0.15, 0.2) is 6.10 Å². The van der Waals surface area contributed by atoms with Gasteiger partial charge in [-0.15, -0.1) is 0 Å². The maximum absolute atomic E-state index is 12.8. The fourth-order valence-electron chi connectivity index (χ4n) is 7.18. The molecular weight excluding hydrogens is 877 g/mol. The van der Waals surface area contributed by atoms with Gasteiger partial charge in [0.2, 0.25) is 0 Å². The summed E-state index contributed by atoms with van der Waals surface area (Å²) in [5, 5.41) is 0. The Morgan fingerprint density at radius 2 is 0.577 bits per heavy atom. The number of allylic oxidation sites excluding steroid dienone is 24. The van der Waals surface area contributed by atoms with Crippen molar-refractivity contribution in [1.82, 2.24) is 0 Å². The molecule has 1 unspecified atom stereocenters. The molecule has 0 aliphatic rings. The van der Waals surface area contributed by atoms with Gasteiger partial charge < -0.3 is 14.2 Å². The molecule has 0 radical (unpaired) electrons. The van der Waals surface area contributed by atoms with E-state index in [2.05, 4.69) is 154 Å². The van der Waals surface area contributed by atoms with Crippen molar-refractivity contribution in [3.8, 4) is 0 Å². The molecule has 0 aliphatic heterocycles. The molecule has 0 amide bonds. The van der Waals surface area contributed by atoms with Gasteiger partial charge in [-0.3, -0.25) is 14.4 Å². The molecule has 0 saturated carbocycles. The van der Waals surface area contributed by atoms with Gasteiger partial charge in [-0.1, -0.05) is 244 Å². The molecule has 0 aliphatic carbocycles. The van der Waals surface area contributed by atoms with E-state index in [1.165, 1.54) is 57.8 Å². The maximum Gasteiger partial charge on any atom is 0.306 e. The Morgan fingerprint density at radius 3 is 0.915 bits per heavy atom. The van der Waals surface area contributed by atoms with Crippen LogP contribution in [-0.4, -0.2) is 37.2 Å². The lowest BCUT2D eigenvalue weighted by atomic mass is 10.1. The Hall–Kier alpha value is -4.71. The van der Waals surface area contributed by atoms with Gasteiger partial charge in [-0.05, 0) is 109 Å². The third-order valence-electron chi connectivity index (χ3n) is 11.4. The van der Waals surface area contributed by atoms with Crippen molar-refractivity contribution >= 4 is 17.9 Å². The molecule has 71 heavy (non-hydrogen) atoms. The highest BCUT2D eigenvalue weighted by molar-refractivity contribution is 5.71. The summed E-state index contributed by atoms with van der Waals surface area (Å²) in [6, 6.07) is 0. The van der Waals surface area contributed by atoms with E-state index >= 15 is 0 Å². The first-order valence-electron chi connectivity index (χ1n) is 28.3. The predicted molar refractivity (Wildman–Crippen MR) is 306 cm³/mol. The lowest BCUT2D eigenvalue weighted by Gasteiger charge is -2.18. The summed E-state index contributed by atoms with van der Waals surface area (Å²) >= 11 is 0. The molecular formula is C65H102O6. The van der Waals surface area contributed by atoms with Crippen molar-refractivity contribution in [3.05, 3.63) is 146 Å². The molecule has 0 fully saturated rings. The minimum absolute atomic E-state index is 0.115. The van der Waals surface area contributed by atoms with Crippen molar-refractivity contribution in [2.24, 2.45) is 0 Å². The summed E-state index contributed by atoms with van der Waals surface area (Å²) in [7, 11) is 0. The standard InChI is InChI=1S/C65H102O6/c1-4-7-10-13-16-18-20-22-24-26-28-29-30-31-32-33-34-35-37-38-40-42-44-46-49-52-55-58-64(67)70-61-62(60-69-63(66)57-54-51-48-15-12-9-6-3)71-65(68)59-56-53-50-47-45-43-41-39-36-27-25-23-21-19-17-14-11-8-5-2/h7-8,10-11,16-19,22-25,28-29,31-32,34-36,39,43,45,50,53,62H,4-6,9,12-15,20-21,26-27,30,33,37-38,40-42,44,46-49,51-52,54-61H2,1-3H3/b10-7-,11-8-,18-16-,19-17-,24-22-,25-23-,29-28-,32-31-,35-34-,39-36-,45-43-,53-50-. The molecule has 0 bridgehead atoms. The Labute approximate surface area is 436 Å². The van der Waals surface area contributed by atoms with Gasteiger partial charge in [0.1, 0.15) is 13.2 Å². The first-order valence-corrected chi connectivity index (χ1v) is 28.3. The minimum atomic E-state index is -0.825. The zero-order chi connectivity index (χ0) is 51.4. The third kappa shape index (κ3) is 56.1. The second-order valence-corrected chi connectivity index (χ2v) is 18.1. The van der Waals surface area contributed by atoms with Crippen LogP contribution in [-0.2, 0) is 28.6 Å². The number of hydrogen-bond donors (Lipinski definition) is 0.